The molecule has 3 rings (SSSR count). The molecule has 0 spiro atoms. The Bertz CT molecular complexity index is 610. The fourth-order valence-corrected chi connectivity index (χ4v) is 2.09. The van der Waals surface area contributed by atoms with E-state index in [-0.39, 0.29) is 0 Å². The maximum atomic E-state index is 5.26. The molecule has 0 saturated carbocycles. The van der Waals surface area contributed by atoms with Crippen molar-refractivity contribution in [2.45, 2.75) is 4.90 Å². The van der Waals surface area contributed by atoms with Crippen molar-refractivity contribution in [3.05, 3.63) is 42.5 Å². The third-order valence-electron chi connectivity index (χ3n) is 2.50. The van der Waals surface area contributed by atoms with Gasteiger partial charge in [0.25, 0.3) is 0 Å². The van der Waals surface area contributed by atoms with E-state index in [0.29, 0.717) is 0 Å². The van der Waals surface area contributed by atoms with E-state index >= 15 is 0 Å². The van der Waals surface area contributed by atoms with Crippen LogP contribution < -0.4 is 0 Å². The summed E-state index contributed by atoms with van der Waals surface area (Å²) in [6.45, 7) is 0. The largest absolute Gasteiger partial charge is 0.353 e. The molecule has 0 saturated heterocycles. The predicted molar refractivity (Wildman–Crippen MR) is 61.7 cm³/mol. The van der Waals surface area contributed by atoms with E-state index < -0.39 is 0 Å². The van der Waals surface area contributed by atoms with Crippen LogP contribution in [0.5, 0.6) is 0 Å². The summed E-state index contributed by atoms with van der Waals surface area (Å²) in [6, 6.07) is 14.3. The fraction of sp³-hybridized carbons (Fsp3) is 0. The van der Waals surface area contributed by atoms with E-state index in [9.17, 15) is 0 Å². The van der Waals surface area contributed by atoms with Crippen LogP contribution in [-0.2, 0) is 0 Å². The molecule has 0 bridgehead atoms. The topological polar surface area (TPSA) is 15.8 Å². The van der Waals surface area contributed by atoms with E-state index in [1.165, 1.54) is 10.8 Å². The number of aromatic amines is 1. The fourth-order valence-electron chi connectivity index (χ4n) is 1.85. The van der Waals surface area contributed by atoms with Gasteiger partial charge in [-0.15, -0.1) is 0 Å². The average molecular weight is 198 g/mol. The summed E-state index contributed by atoms with van der Waals surface area (Å²) in [6.07, 6.45) is 0. The normalized spacial score (nSPS) is 11.1. The molecule has 0 fully saturated rings. The van der Waals surface area contributed by atoms with Crippen LogP contribution in [0.15, 0.2) is 47.4 Å². The first kappa shape index (κ1) is 7.83. The number of fused-ring (bicyclic) bond motifs is 3. The second kappa shape index (κ2) is 2.72. The van der Waals surface area contributed by atoms with Crippen molar-refractivity contribution >= 4 is 34.4 Å². The van der Waals surface area contributed by atoms with Crippen molar-refractivity contribution < 1.29 is 0 Å². The van der Waals surface area contributed by atoms with Crippen LogP contribution >= 0.6 is 12.6 Å². The summed E-state index contributed by atoms with van der Waals surface area (Å²) >= 11 is 5.26. The Morgan fingerprint density at radius 2 is 1.64 bits per heavy atom. The lowest BCUT2D eigenvalue weighted by atomic mass is 10.1. The molecule has 1 radical (unpaired) electrons. The Morgan fingerprint density at radius 1 is 0.857 bits per heavy atom. The highest BCUT2D eigenvalue weighted by atomic mass is 32.1. The number of H-pyrrole nitrogens is 1. The zero-order valence-corrected chi connectivity index (χ0v) is 8.27. The van der Waals surface area contributed by atoms with Crippen molar-refractivity contribution in [2.24, 2.45) is 0 Å². The van der Waals surface area contributed by atoms with E-state index in [1.54, 1.807) is 0 Å². The first-order valence-corrected chi connectivity index (χ1v) is 4.93. The summed E-state index contributed by atoms with van der Waals surface area (Å²) in [5, 5.41) is 2.46. The van der Waals surface area contributed by atoms with Crippen molar-refractivity contribution in [1.82, 2.24) is 4.98 Å². The quantitative estimate of drug-likeness (QED) is 0.564. The van der Waals surface area contributed by atoms with Crippen molar-refractivity contribution in [3.8, 4) is 0 Å². The molecule has 0 aliphatic heterocycles. The molecule has 0 atom stereocenters. The minimum atomic E-state index is 0.888. The lowest BCUT2D eigenvalue weighted by molar-refractivity contribution is 1.45. The summed E-state index contributed by atoms with van der Waals surface area (Å²) in [5.41, 5.74) is 2.23. The highest BCUT2D eigenvalue weighted by Crippen LogP contribution is 2.28. The molecular weight excluding hydrogens is 190 g/mol. The SMILES string of the molecule is [S]c1cccc2c1[nH]c1ccccc12. The number of nitrogens with one attached hydrogen (secondary N) is 1. The van der Waals surface area contributed by atoms with Crippen LogP contribution in [0.4, 0.5) is 0 Å². The van der Waals surface area contributed by atoms with Gasteiger partial charge in [0.15, 0.2) is 0 Å². The Morgan fingerprint density at radius 3 is 2.57 bits per heavy atom. The highest BCUT2D eigenvalue weighted by Gasteiger charge is 2.04. The Kier molecular flexibility index (Phi) is 1.52. The summed E-state index contributed by atoms with van der Waals surface area (Å²) in [5.74, 6) is 0. The van der Waals surface area contributed by atoms with Gasteiger partial charge in [-0.2, -0.15) is 0 Å². The lowest BCUT2D eigenvalue weighted by Crippen LogP contribution is -1.69. The Balaban J connectivity index is 2.63. The molecule has 0 amide bonds. The molecule has 67 valence electrons. The van der Waals surface area contributed by atoms with E-state index in [0.717, 1.165) is 15.9 Å². The van der Waals surface area contributed by atoms with Gasteiger partial charge in [-0.25, -0.2) is 0 Å². The molecule has 0 aliphatic rings. The second-order valence-electron chi connectivity index (χ2n) is 3.35. The van der Waals surface area contributed by atoms with Crippen molar-refractivity contribution in [2.75, 3.05) is 0 Å². The van der Waals surface area contributed by atoms with Crippen molar-refractivity contribution in [1.29, 1.82) is 0 Å². The van der Waals surface area contributed by atoms with E-state index in [2.05, 4.69) is 23.2 Å². The number of benzene rings is 2. The zero-order chi connectivity index (χ0) is 9.54. The van der Waals surface area contributed by atoms with Crippen LogP contribution in [0.25, 0.3) is 21.8 Å². The van der Waals surface area contributed by atoms with Gasteiger partial charge in [-0.1, -0.05) is 43.0 Å². The van der Waals surface area contributed by atoms with E-state index in [4.69, 9.17) is 12.6 Å². The van der Waals surface area contributed by atoms with Gasteiger partial charge < -0.3 is 4.98 Å². The van der Waals surface area contributed by atoms with Crippen LogP contribution in [0.1, 0.15) is 0 Å². The van der Waals surface area contributed by atoms with Gasteiger partial charge in [0.05, 0.1) is 10.4 Å². The highest BCUT2D eigenvalue weighted by molar-refractivity contribution is 7.80. The molecule has 0 unspecified atom stereocenters. The predicted octanol–water partition coefficient (Wildman–Crippen LogP) is 3.88. The smallest absolute Gasteiger partial charge is 0.0648 e. The standard InChI is InChI=1S/C12H8NS/c14-11-7-3-5-9-8-4-1-2-6-10(8)13-12(9)11/h1-7,13H. The first-order chi connectivity index (χ1) is 6.86. The summed E-state index contributed by atoms with van der Waals surface area (Å²) < 4.78 is 0. The lowest BCUT2D eigenvalue weighted by Gasteiger charge is -1.91. The molecule has 1 aromatic heterocycles. The van der Waals surface area contributed by atoms with Gasteiger partial charge >= 0.3 is 0 Å². The molecule has 3 aromatic rings. The number of hydrogen-bond donors (Lipinski definition) is 1. The molecular formula is C12H8NS. The zero-order valence-electron chi connectivity index (χ0n) is 7.45. The molecule has 0 aliphatic carbocycles. The third-order valence-corrected chi connectivity index (χ3v) is 2.84. The monoisotopic (exact) mass is 198 g/mol. The minimum Gasteiger partial charge on any atom is -0.353 e. The average Bonchev–Trinajstić information content (AvgIpc) is 2.59. The molecule has 14 heavy (non-hydrogen) atoms. The minimum absolute atomic E-state index is 0.888. The molecule has 1 N–H and O–H groups in total. The third kappa shape index (κ3) is 0.946. The Hall–Kier alpha value is -1.54. The van der Waals surface area contributed by atoms with Crippen LogP contribution in [0.2, 0.25) is 0 Å². The molecule has 2 heteroatoms. The first-order valence-electron chi connectivity index (χ1n) is 4.53. The summed E-state index contributed by atoms with van der Waals surface area (Å²) in [7, 11) is 0. The van der Waals surface area contributed by atoms with Gasteiger partial charge in [-0.05, 0) is 12.1 Å². The molecule has 1 heterocycles. The van der Waals surface area contributed by atoms with Crippen LogP contribution in [0, 0.1) is 0 Å². The second-order valence-corrected chi connectivity index (χ2v) is 3.79. The van der Waals surface area contributed by atoms with Crippen LogP contribution in [-0.4, -0.2) is 4.98 Å². The van der Waals surface area contributed by atoms with Crippen LogP contribution in [0.3, 0.4) is 0 Å². The maximum Gasteiger partial charge on any atom is 0.0648 e. The van der Waals surface area contributed by atoms with Gasteiger partial charge in [-0.3, -0.25) is 0 Å². The van der Waals surface area contributed by atoms with Crippen molar-refractivity contribution in [3.63, 3.8) is 0 Å². The number of aromatic nitrogens is 1. The van der Waals surface area contributed by atoms with Gasteiger partial charge in [0.2, 0.25) is 0 Å². The number of hydrogen-bond acceptors (Lipinski definition) is 0. The maximum absolute atomic E-state index is 5.26. The Labute approximate surface area is 87.2 Å². The molecule has 2 aromatic carbocycles. The summed E-state index contributed by atoms with van der Waals surface area (Å²) in [4.78, 5) is 4.23. The van der Waals surface area contributed by atoms with E-state index in [1.807, 2.05) is 24.3 Å². The molecule has 1 nitrogen and oxygen atoms in total. The van der Waals surface area contributed by atoms with Gasteiger partial charge in [0, 0.05) is 16.3 Å². The van der Waals surface area contributed by atoms with Gasteiger partial charge in [0.1, 0.15) is 0 Å². The number of rotatable bonds is 0. The number of para-hydroxylation sites is 2.